The Morgan fingerprint density at radius 2 is 2.35 bits per heavy atom. The van der Waals surface area contributed by atoms with E-state index in [4.69, 9.17) is 9.47 Å². The van der Waals surface area contributed by atoms with Crippen molar-refractivity contribution in [3.63, 3.8) is 0 Å². The van der Waals surface area contributed by atoms with Gasteiger partial charge in [-0.3, -0.25) is 9.48 Å². The van der Waals surface area contributed by atoms with E-state index >= 15 is 0 Å². The molecule has 1 amide bonds. The smallest absolute Gasteiger partial charge is 0.226 e. The fourth-order valence-corrected chi connectivity index (χ4v) is 3.15. The number of ether oxygens (including phenoxy) is 2. The molecule has 26 heavy (non-hydrogen) atoms. The molecule has 1 N–H and O–H groups in total. The minimum absolute atomic E-state index is 0.0644. The first-order valence-corrected chi connectivity index (χ1v) is 8.75. The zero-order chi connectivity index (χ0) is 18.7. The van der Waals surface area contributed by atoms with Crippen molar-refractivity contribution >= 4 is 5.91 Å². The Kier molecular flexibility index (Phi) is 5.56. The minimum Gasteiger partial charge on any atom is -0.489 e. The Labute approximate surface area is 152 Å². The third-order valence-electron chi connectivity index (χ3n) is 4.71. The van der Waals surface area contributed by atoms with Crippen molar-refractivity contribution in [1.29, 1.82) is 0 Å². The lowest BCUT2D eigenvalue weighted by atomic mass is 9.95. The van der Waals surface area contributed by atoms with Gasteiger partial charge in [0.25, 0.3) is 0 Å². The lowest BCUT2D eigenvalue weighted by molar-refractivity contribution is -0.127. The van der Waals surface area contributed by atoms with Crippen LogP contribution in [0.15, 0.2) is 30.5 Å². The molecule has 1 aromatic heterocycles. The van der Waals surface area contributed by atoms with Crippen molar-refractivity contribution in [3.05, 3.63) is 47.5 Å². The number of hydrogen-bond acceptors (Lipinski definition) is 4. The molecule has 0 unspecified atom stereocenters. The van der Waals surface area contributed by atoms with Crippen LogP contribution < -0.4 is 10.1 Å². The number of aryl methyl sites for hydroxylation is 1. The maximum Gasteiger partial charge on any atom is 0.226 e. The van der Waals surface area contributed by atoms with Crippen molar-refractivity contribution in [3.8, 4) is 5.75 Å². The Balaban J connectivity index is 1.56. The zero-order valence-electron chi connectivity index (χ0n) is 15.2. The molecule has 0 radical (unpaired) electrons. The second-order valence-corrected chi connectivity index (χ2v) is 6.63. The summed E-state index contributed by atoms with van der Waals surface area (Å²) in [4.78, 5) is 12.6. The van der Waals surface area contributed by atoms with Crippen LogP contribution in [0.4, 0.5) is 4.39 Å². The van der Waals surface area contributed by atoms with Crippen LogP contribution >= 0.6 is 0 Å². The Hall–Kier alpha value is -2.41. The summed E-state index contributed by atoms with van der Waals surface area (Å²) in [5.74, 6) is -0.221. The fourth-order valence-electron chi connectivity index (χ4n) is 3.15. The molecule has 7 heteroatoms. The predicted octanol–water partition coefficient (Wildman–Crippen LogP) is 2.53. The molecule has 1 aliphatic heterocycles. The highest BCUT2D eigenvalue weighted by molar-refractivity contribution is 5.79. The molecule has 2 heterocycles. The Morgan fingerprint density at radius 1 is 1.54 bits per heavy atom. The van der Waals surface area contributed by atoms with Gasteiger partial charge in [0.1, 0.15) is 17.7 Å². The second-order valence-electron chi connectivity index (χ2n) is 6.63. The number of aromatic nitrogens is 2. The molecule has 2 aromatic rings. The van der Waals surface area contributed by atoms with Gasteiger partial charge < -0.3 is 14.8 Å². The molecule has 140 valence electrons. The Bertz CT molecular complexity index is 777. The third-order valence-corrected chi connectivity index (χ3v) is 4.71. The van der Waals surface area contributed by atoms with Gasteiger partial charge in [0.15, 0.2) is 0 Å². The molecule has 1 saturated heterocycles. The molecule has 0 spiro atoms. The molecule has 3 atom stereocenters. The van der Waals surface area contributed by atoms with Gasteiger partial charge >= 0.3 is 0 Å². The van der Waals surface area contributed by atoms with E-state index in [1.807, 2.05) is 20.9 Å². The normalized spacial score (nSPS) is 20.8. The first kappa shape index (κ1) is 18.4. The number of hydrogen-bond donors (Lipinski definition) is 1. The summed E-state index contributed by atoms with van der Waals surface area (Å²) in [6.07, 6.45) is 1.88. The lowest BCUT2D eigenvalue weighted by Crippen LogP contribution is -2.38. The highest BCUT2D eigenvalue weighted by atomic mass is 19.1. The largest absolute Gasteiger partial charge is 0.489 e. The molecular formula is C19H24FN3O3. The van der Waals surface area contributed by atoms with Crippen molar-refractivity contribution in [2.45, 2.75) is 32.5 Å². The number of nitrogens with zero attached hydrogens (tertiary/aromatic N) is 2. The number of nitrogens with one attached hydrogen (secondary N) is 1. The van der Waals surface area contributed by atoms with Crippen molar-refractivity contribution in [1.82, 2.24) is 15.1 Å². The molecule has 6 nitrogen and oxygen atoms in total. The van der Waals surface area contributed by atoms with Crippen LogP contribution in [-0.2, 0) is 16.6 Å². The van der Waals surface area contributed by atoms with Gasteiger partial charge in [-0.1, -0.05) is 6.07 Å². The monoisotopic (exact) mass is 361 g/mol. The molecule has 0 bridgehead atoms. The van der Waals surface area contributed by atoms with Crippen molar-refractivity contribution < 1.29 is 18.7 Å². The summed E-state index contributed by atoms with van der Waals surface area (Å²) in [6.45, 7) is 4.68. The predicted molar refractivity (Wildman–Crippen MR) is 94.2 cm³/mol. The lowest BCUT2D eigenvalue weighted by Gasteiger charge is -2.20. The van der Waals surface area contributed by atoms with Crippen LogP contribution in [-0.4, -0.2) is 34.9 Å². The van der Waals surface area contributed by atoms with E-state index in [-0.39, 0.29) is 29.9 Å². The van der Waals surface area contributed by atoms with Gasteiger partial charge in [0, 0.05) is 31.0 Å². The van der Waals surface area contributed by atoms with Gasteiger partial charge in [-0.15, -0.1) is 0 Å². The molecule has 1 fully saturated rings. The minimum atomic E-state index is -0.350. The van der Waals surface area contributed by atoms with E-state index in [0.717, 1.165) is 11.3 Å². The van der Waals surface area contributed by atoms with Gasteiger partial charge in [-0.05, 0) is 32.4 Å². The van der Waals surface area contributed by atoms with E-state index in [9.17, 15) is 9.18 Å². The fraction of sp³-hybridized carbons (Fsp3) is 0.474. The van der Waals surface area contributed by atoms with E-state index in [2.05, 4.69) is 10.4 Å². The molecule has 0 aliphatic carbocycles. The summed E-state index contributed by atoms with van der Waals surface area (Å²) in [5, 5.41) is 7.16. The highest BCUT2D eigenvalue weighted by Crippen LogP contribution is 2.36. The molecule has 3 rings (SSSR count). The summed E-state index contributed by atoms with van der Waals surface area (Å²) in [6, 6.07) is 5.96. The van der Waals surface area contributed by atoms with Gasteiger partial charge in [-0.25, -0.2) is 4.39 Å². The van der Waals surface area contributed by atoms with E-state index in [0.29, 0.717) is 25.3 Å². The number of rotatable bonds is 6. The van der Waals surface area contributed by atoms with Crippen LogP contribution in [0.2, 0.25) is 0 Å². The average molecular weight is 361 g/mol. The van der Waals surface area contributed by atoms with Crippen LogP contribution in [0, 0.1) is 18.7 Å². The molecule has 1 aliphatic rings. The van der Waals surface area contributed by atoms with Crippen LogP contribution in [0.5, 0.6) is 5.75 Å². The second kappa shape index (κ2) is 7.86. The van der Waals surface area contributed by atoms with Crippen LogP contribution in [0.1, 0.15) is 30.7 Å². The number of carbonyl (C=O) groups excluding carboxylic acids is 1. The summed E-state index contributed by atoms with van der Waals surface area (Å²) in [7, 11) is 1.87. The van der Waals surface area contributed by atoms with E-state index in [1.54, 1.807) is 23.0 Å². The van der Waals surface area contributed by atoms with Gasteiger partial charge in [-0.2, -0.15) is 5.10 Å². The highest BCUT2D eigenvalue weighted by Gasteiger charge is 2.37. The molecular weight excluding hydrogens is 337 g/mol. The standard InChI is InChI=1S/C19H24FN3O3/c1-12(26-15-6-4-5-14(20)9-15)10-21-19(24)16-7-8-25-18(16)17-11-22-23(3)13(17)2/h4-6,9,11-12,16,18H,7-8,10H2,1-3H3,(H,21,24)/t12-,16+,18+/m1/s1. The molecule has 1 aromatic carbocycles. The van der Waals surface area contributed by atoms with Crippen LogP contribution in [0.25, 0.3) is 0 Å². The maximum atomic E-state index is 13.2. The summed E-state index contributed by atoms with van der Waals surface area (Å²) < 4.78 is 26.4. The SMILES string of the molecule is Cc1c([C@H]2OCC[C@@H]2C(=O)NC[C@@H](C)Oc2cccc(F)c2)cnn1C. The zero-order valence-corrected chi connectivity index (χ0v) is 15.2. The molecule has 0 saturated carbocycles. The number of amides is 1. The first-order chi connectivity index (χ1) is 12.5. The first-order valence-electron chi connectivity index (χ1n) is 8.75. The van der Waals surface area contributed by atoms with E-state index < -0.39 is 0 Å². The topological polar surface area (TPSA) is 65.4 Å². The summed E-state index contributed by atoms with van der Waals surface area (Å²) in [5.41, 5.74) is 1.95. The van der Waals surface area contributed by atoms with Gasteiger partial charge in [0.05, 0.1) is 24.8 Å². The number of benzene rings is 1. The van der Waals surface area contributed by atoms with Gasteiger partial charge in [0.2, 0.25) is 5.91 Å². The number of carbonyl (C=O) groups is 1. The Morgan fingerprint density at radius 3 is 3.04 bits per heavy atom. The average Bonchev–Trinajstić information content (AvgIpc) is 3.20. The maximum absolute atomic E-state index is 13.2. The van der Waals surface area contributed by atoms with Crippen molar-refractivity contribution in [2.24, 2.45) is 13.0 Å². The number of halogens is 1. The summed E-state index contributed by atoms with van der Waals surface area (Å²) >= 11 is 0. The van der Waals surface area contributed by atoms with E-state index in [1.165, 1.54) is 12.1 Å². The quantitative estimate of drug-likeness (QED) is 0.859. The van der Waals surface area contributed by atoms with Crippen LogP contribution in [0.3, 0.4) is 0 Å². The van der Waals surface area contributed by atoms with Crippen molar-refractivity contribution in [2.75, 3.05) is 13.2 Å². The third kappa shape index (κ3) is 4.04.